The minimum absolute atomic E-state index is 0.0288. The molecule has 1 aliphatic carbocycles. The van der Waals surface area contributed by atoms with Gasteiger partial charge in [0.25, 0.3) is 0 Å². The minimum atomic E-state index is -0.698. The maximum absolute atomic E-state index is 14.7. The summed E-state index contributed by atoms with van der Waals surface area (Å²) < 4.78 is 39.0. The van der Waals surface area contributed by atoms with E-state index < -0.39 is 17.0 Å². The molecule has 2 fully saturated rings. The minimum Gasteiger partial charge on any atom is -0.379 e. The number of carbonyl (C=O) groups excluding carboxylic acids is 1. The molecule has 0 spiro atoms. The lowest BCUT2D eigenvalue weighted by molar-refractivity contribution is -0.121. The van der Waals surface area contributed by atoms with Crippen LogP contribution in [0.1, 0.15) is 35.7 Å². The molecule has 3 aliphatic rings. The Kier molecular flexibility index (Phi) is 4.38. The molecule has 154 valence electrons. The van der Waals surface area contributed by atoms with E-state index in [9.17, 15) is 13.6 Å². The predicted molar refractivity (Wildman–Crippen MR) is 106 cm³/mol. The fraction of sp³-hybridized carbons (Fsp3) is 0.500. The normalized spacial score (nSPS) is 27.0. The third kappa shape index (κ3) is 2.79. The Morgan fingerprint density at radius 2 is 2.24 bits per heavy atom. The van der Waals surface area contributed by atoms with E-state index >= 15 is 0 Å². The van der Waals surface area contributed by atoms with Crippen LogP contribution in [-0.4, -0.2) is 34.3 Å². The van der Waals surface area contributed by atoms with Crippen molar-refractivity contribution in [2.45, 2.75) is 43.2 Å². The van der Waals surface area contributed by atoms with Crippen LogP contribution in [0.2, 0.25) is 5.02 Å². The van der Waals surface area contributed by atoms with Gasteiger partial charge in [-0.15, -0.1) is 0 Å². The first-order chi connectivity index (χ1) is 13.8. The molecular weight excluding hydrogens is 420 g/mol. The smallest absolute Gasteiger partial charge is 0.226 e. The van der Waals surface area contributed by atoms with E-state index in [4.69, 9.17) is 28.6 Å². The summed E-state index contributed by atoms with van der Waals surface area (Å²) in [6.45, 7) is 1.57. The number of aromatic nitrogens is 2. The molecule has 2 aromatic rings. The van der Waals surface area contributed by atoms with Crippen LogP contribution in [0.4, 0.5) is 8.78 Å². The number of hydrogen-bond donors (Lipinski definition) is 1. The molecule has 0 radical (unpaired) electrons. The summed E-state index contributed by atoms with van der Waals surface area (Å²) in [6.07, 6.45) is 1.59. The Morgan fingerprint density at radius 3 is 2.97 bits per heavy atom. The van der Waals surface area contributed by atoms with Gasteiger partial charge in [0.15, 0.2) is 4.77 Å². The van der Waals surface area contributed by atoms with E-state index in [0.29, 0.717) is 31.0 Å². The maximum Gasteiger partial charge on any atom is 0.226 e. The first-order valence-electron chi connectivity index (χ1n) is 9.63. The summed E-state index contributed by atoms with van der Waals surface area (Å²) >= 11 is 11.5. The Morgan fingerprint density at radius 1 is 1.45 bits per heavy atom. The highest BCUT2D eigenvalue weighted by atomic mass is 35.5. The highest BCUT2D eigenvalue weighted by Gasteiger charge is 2.64. The van der Waals surface area contributed by atoms with Crippen LogP contribution >= 0.6 is 23.8 Å². The predicted octanol–water partition coefficient (Wildman–Crippen LogP) is 3.37. The summed E-state index contributed by atoms with van der Waals surface area (Å²) in [4.78, 5) is 12.6. The molecule has 1 unspecified atom stereocenters. The third-order valence-corrected chi connectivity index (χ3v) is 7.31. The Hall–Kier alpha value is -1.77. The van der Waals surface area contributed by atoms with Crippen LogP contribution in [-0.2, 0) is 35.0 Å². The molecule has 9 heteroatoms. The summed E-state index contributed by atoms with van der Waals surface area (Å²) in [6, 6.07) is 2.48. The molecule has 5 rings (SSSR count). The van der Waals surface area contributed by atoms with Gasteiger partial charge in [0.05, 0.1) is 24.1 Å². The first kappa shape index (κ1) is 19.2. The van der Waals surface area contributed by atoms with Crippen molar-refractivity contribution in [3.63, 3.8) is 0 Å². The summed E-state index contributed by atoms with van der Waals surface area (Å²) in [5.74, 6) is -1.46. The second-order valence-electron chi connectivity index (χ2n) is 8.20. The van der Waals surface area contributed by atoms with E-state index in [1.807, 2.05) is 16.2 Å². The van der Waals surface area contributed by atoms with Gasteiger partial charge in [-0.25, -0.2) is 8.78 Å². The number of imidazole rings is 1. The van der Waals surface area contributed by atoms with E-state index in [0.717, 1.165) is 17.8 Å². The fourth-order valence-corrected chi connectivity index (χ4v) is 5.45. The van der Waals surface area contributed by atoms with Crippen molar-refractivity contribution in [2.75, 3.05) is 13.2 Å². The van der Waals surface area contributed by atoms with Crippen molar-refractivity contribution in [1.82, 2.24) is 14.5 Å². The van der Waals surface area contributed by atoms with Gasteiger partial charge in [-0.3, -0.25) is 4.79 Å². The van der Waals surface area contributed by atoms with Gasteiger partial charge < -0.3 is 19.2 Å². The standard InChI is InChI=1S/C20H20ClF2N3O2S/c1-25-14(6-15(27)24-10-4-5-28-8-10)18-11-7-20(11,9-26(18)19(25)29)16-13(22)3-2-12(21)17(16)23/h2-3,10-11H,4-9H2,1H3,(H,24,27)/t10-,11?,20+/m1/s1. The van der Waals surface area contributed by atoms with E-state index in [2.05, 4.69) is 5.32 Å². The van der Waals surface area contributed by atoms with Crippen LogP contribution < -0.4 is 5.32 Å². The molecule has 1 amide bonds. The highest BCUT2D eigenvalue weighted by molar-refractivity contribution is 7.71. The van der Waals surface area contributed by atoms with Gasteiger partial charge in [0, 0.05) is 48.5 Å². The Labute approximate surface area is 176 Å². The molecule has 1 N–H and O–H groups in total. The second kappa shape index (κ2) is 6.62. The second-order valence-corrected chi connectivity index (χ2v) is 8.97. The number of nitrogens with one attached hydrogen (secondary N) is 1. The van der Waals surface area contributed by atoms with Crippen LogP contribution in [0.15, 0.2) is 12.1 Å². The number of fused-ring (bicyclic) bond motifs is 3. The van der Waals surface area contributed by atoms with Crippen molar-refractivity contribution in [3.8, 4) is 0 Å². The first-order valence-corrected chi connectivity index (χ1v) is 10.4. The van der Waals surface area contributed by atoms with Crippen molar-refractivity contribution in [1.29, 1.82) is 0 Å². The quantitative estimate of drug-likeness (QED) is 0.587. The van der Waals surface area contributed by atoms with Crippen molar-refractivity contribution < 1.29 is 18.3 Å². The average molecular weight is 440 g/mol. The zero-order valence-electron chi connectivity index (χ0n) is 15.8. The number of amides is 1. The molecule has 2 aliphatic heterocycles. The molecule has 29 heavy (non-hydrogen) atoms. The Balaban J connectivity index is 1.48. The van der Waals surface area contributed by atoms with Gasteiger partial charge in [0.2, 0.25) is 5.91 Å². The number of carbonyl (C=O) groups is 1. The third-order valence-electron chi connectivity index (χ3n) is 6.52. The van der Waals surface area contributed by atoms with Crippen molar-refractivity contribution >= 4 is 29.7 Å². The molecule has 0 bridgehead atoms. The van der Waals surface area contributed by atoms with Gasteiger partial charge in [-0.1, -0.05) is 11.6 Å². The summed E-state index contributed by atoms with van der Waals surface area (Å²) in [7, 11) is 1.83. The molecule has 3 atom stereocenters. The molecule has 1 aromatic carbocycles. The van der Waals surface area contributed by atoms with Gasteiger partial charge in [0.1, 0.15) is 11.6 Å². The average Bonchev–Trinajstić information content (AvgIpc) is 2.97. The number of ether oxygens (including phenoxy) is 1. The zero-order chi connectivity index (χ0) is 20.5. The van der Waals surface area contributed by atoms with Crippen molar-refractivity contribution in [2.24, 2.45) is 7.05 Å². The van der Waals surface area contributed by atoms with Crippen LogP contribution in [0, 0.1) is 16.4 Å². The highest BCUT2D eigenvalue weighted by Crippen LogP contribution is 2.67. The summed E-state index contributed by atoms with van der Waals surface area (Å²) in [5.41, 5.74) is 1.07. The zero-order valence-corrected chi connectivity index (χ0v) is 17.4. The van der Waals surface area contributed by atoms with Crippen LogP contribution in [0.3, 0.4) is 0 Å². The van der Waals surface area contributed by atoms with E-state index in [1.54, 1.807) is 0 Å². The monoisotopic (exact) mass is 439 g/mol. The maximum atomic E-state index is 14.7. The molecule has 3 heterocycles. The van der Waals surface area contributed by atoms with Gasteiger partial charge in [-0.2, -0.15) is 0 Å². The molecule has 1 aromatic heterocycles. The van der Waals surface area contributed by atoms with Gasteiger partial charge >= 0.3 is 0 Å². The lowest BCUT2D eigenvalue weighted by atomic mass is 9.92. The number of nitrogens with zero attached hydrogens (tertiary/aromatic N) is 2. The molecule has 5 nitrogen and oxygen atoms in total. The molecular formula is C20H20ClF2N3O2S. The molecule has 1 saturated carbocycles. The van der Waals surface area contributed by atoms with Crippen LogP contribution in [0.25, 0.3) is 0 Å². The Bertz CT molecular complexity index is 1090. The lowest BCUT2D eigenvalue weighted by Gasteiger charge is -2.16. The summed E-state index contributed by atoms with van der Waals surface area (Å²) in [5, 5.41) is 2.91. The van der Waals surface area contributed by atoms with Gasteiger partial charge in [-0.05, 0) is 37.2 Å². The number of hydrogen-bond acceptors (Lipinski definition) is 3. The van der Waals surface area contributed by atoms with E-state index in [-0.39, 0.29) is 34.9 Å². The number of benzene rings is 1. The topological polar surface area (TPSA) is 48.2 Å². The fourth-order valence-electron chi connectivity index (χ4n) is 5.02. The number of rotatable bonds is 4. The van der Waals surface area contributed by atoms with E-state index in [1.165, 1.54) is 12.1 Å². The number of halogens is 3. The van der Waals surface area contributed by atoms with Crippen LogP contribution in [0.5, 0.6) is 0 Å². The molecule has 1 saturated heterocycles. The SMILES string of the molecule is Cn1c(CC(=O)N[C@@H]2CCOC2)c2n(c1=S)C[C@@]1(c3c(F)ccc(Cl)c3F)CC21. The lowest BCUT2D eigenvalue weighted by Crippen LogP contribution is -2.36. The van der Waals surface area contributed by atoms with Crippen molar-refractivity contribution in [3.05, 3.63) is 50.5 Å². The largest absolute Gasteiger partial charge is 0.379 e.